The SMILES string of the molecule is COc1cc(C(=O)NCCNC(=O)C2CCCCC2)ccc1OCc1cscn1. The van der Waals surface area contributed by atoms with Crippen molar-refractivity contribution in [1.82, 2.24) is 15.6 Å². The minimum Gasteiger partial charge on any atom is -0.493 e. The minimum atomic E-state index is -0.221. The van der Waals surface area contributed by atoms with Crippen LogP contribution in [0.2, 0.25) is 0 Å². The summed E-state index contributed by atoms with van der Waals surface area (Å²) in [6.07, 6.45) is 5.40. The van der Waals surface area contributed by atoms with Gasteiger partial charge < -0.3 is 20.1 Å². The van der Waals surface area contributed by atoms with E-state index in [9.17, 15) is 9.59 Å². The molecular weight excluding hydrogens is 390 g/mol. The predicted molar refractivity (Wildman–Crippen MR) is 111 cm³/mol. The molecule has 0 unspecified atom stereocenters. The Labute approximate surface area is 174 Å². The third kappa shape index (κ3) is 6.19. The lowest BCUT2D eigenvalue weighted by atomic mass is 9.89. The summed E-state index contributed by atoms with van der Waals surface area (Å²) in [5.74, 6) is 1.04. The minimum absolute atomic E-state index is 0.0993. The van der Waals surface area contributed by atoms with Gasteiger partial charge in [0, 0.05) is 30.0 Å². The molecule has 1 heterocycles. The van der Waals surface area contributed by atoms with Crippen LogP contribution in [0.15, 0.2) is 29.1 Å². The standard InChI is InChI=1S/C21H27N3O4S/c1-27-19-11-16(7-8-18(19)28-12-17-13-29-14-24-17)21(26)23-10-9-22-20(25)15-5-3-2-4-6-15/h7-8,11,13-15H,2-6,9-10,12H2,1H3,(H,22,25)(H,23,26). The Bertz CT molecular complexity index is 804. The van der Waals surface area contributed by atoms with Crippen molar-refractivity contribution >= 4 is 23.2 Å². The van der Waals surface area contributed by atoms with Crippen LogP contribution in [0, 0.1) is 5.92 Å². The first-order valence-corrected chi connectivity index (χ1v) is 10.9. The Morgan fingerprint density at radius 3 is 2.66 bits per heavy atom. The summed E-state index contributed by atoms with van der Waals surface area (Å²) in [6.45, 7) is 1.14. The van der Waals surface area contributed by atoms with Gasteiger partial charge in [-0.05, 0) is 31.0 Å². The zero-order chi connectivity index (χ0) is 20.5. The molecule has 0 saturated heterocycles. The van der Waals surface area contributed by atoms with E-state index in [2.05, 4.69) is 15.6 Å². The molecule has 156 valence electrons. The van der Waals surface area contributed by atoms with Crippen LogP contribution in [0.1, 0.15) is 48.2 Å². The first kappa shape index (κ1) is 21.1. The number of thiazole rings is 1. The summed E-state index contributed by atoms with van der Waals surface area (Å²) >= 11 is 1.51. The molecule has 0 aliphatic heterocycles. The third-order valence-corrected chi connectivity index (χ3v) is 5.61. The second-order valence-corrected chi connectivity index (χ2v) is 7.73. The third-order valence-electron chi connectivity index (χ3n) is 4.97. The van der Waals surface area contributed by atoms with Crippen LogP contribution < -0.4 is 20.1 Å². The summed E-state index contributed by atoms with van der Waals surface area (Å²) in [4.78, 5) is 28.7. The van der Waals surface area contributed by atoms with Gasteiger partial charge in [-0.3, -0.25) is 9.59 Å². The number of benzene rings is 1. The first-order valence-electron chi connectivity index (χ1n) is 9.91. The van der Waals surface area contributed by atoms with Crippen LogP contribution >= 0.6 is 11.3 Å². The zero-order valence-corrected chi connectivity index (χ0v) is 17.4. The van der Waals surface area contributed by atoms with Gasteiger partial charge in [0.2, 0.25) is 5.91 Å². The zero-order valence-electron chi connectivity index (χ0n) is 16.6. The van der Waals surface area contributed by atoms with E-state index in [4.69, 9.17) is 9.47 Å². The van der Waals surface area contributed by atoms with E-state index in [-0.39, 0.29) is 17.7 Å². The average Bonchev–Trinajstić information content (AvgIpc) is 3.29. The smallest absolute Gasteiger partial charge is 0.251 e. The Morgan fingerprint density at radius 2 is 1.93 bits per heavy atom. The Morgan fingerprint density at radius 1 is 1.14 bits per heavy atom. The maximum atomic E-state index is 12.4. The largest absolute Gasteiger partial charge is 0.493 e. The topological polar surface area (TPSA) is 89.6 Å². The highest BCUT2D eigenvalue weighted by Gasteiger charge is 2.20. The molecule has 0 bridgehead atoms. The summed E-state index contributed by atoms with van der Waals surface area (Å²) in [7, 11) is 1.54. The van der Waals surface area contributed by atoms with Crippen molar-refractivity contribution in [3.63, 3.8) is 0 Å². The normalized spacial score (nSPS) is 14.2. The molecule has 7 nitrogen and oxygen atoms in total. The van der Waals surface area contributed by atoms with Crippen LogP contribution in [-0.2, 0) is 11.4 Å². The fourth-order valence-corrected chi connectivity index (χ4v) is 3.90. The summed E-state index contributed by atoms with van der Waals surface area (Å²) in [6, 6.07) is 5.05. The van der Waals surface area contributed by atoms with E-state index in [0.29, 0.717) is 36.8 Å². The molecule has 1 fully saturated rings. The molecule has 3 rings (SSSR count). The molecule has 1 aliphatic rings. The molecule has 2 N–H and O–H groups in total. The molecular formula is C21H27N3O4S. The molecule has 0 spiro atoms. The van der Waals surface area contributed by atoms with Crippen molar-refractivity contribution in [3.05, 3.63) is 40.3 Å². The first-order chi connectivity index (χ1) is 14.2. The quantitative estimate of drug-likeness (QED) is 0.612. The lowest BCUT2D eigenvalue weighted by molar-refractivity contribution is -0.125. The number of amides is 2. The van der Waals surface area contributed by atoms with Gasteiger partial charge in [0.05, 0.1) is 18.3 Å². The Hall–Kier alpha value is -2.61. The Kier molecular flexibility index (Phi) is 7.86. The maximum Gasteiger partial charge on any atom is 0.251 e. The number of ether oxygens (including phenoxy) is 2. The van der Waals surface area contributed by atoms with Crippen molar-refractivity contribution in [2.24, 2.45) is 5.92 Å². The Balaban J connectivity index is 1.45. The van der Waals surface area contributed by atoms with E-state index in [0.717, 1.165) is 31.4 Å². The van der Waals surface area contributed by atoms with Crippen LogP contribution in [0.5, 0.6) is 11.5 Å². The number of carbonyl (C=O) groups is 2. The molecule has 1 aromatic carbocycles. The van der Waals surface area contributed by atoms with E-state index in [1.165, 1.54) is 24.9 Å². The molecule has 0 radical (unpaired) electrons. The molecule has 8 heteroatoms. The highest BCUT2D eigenvalue weighted by Crippen LogP contribution is 2.29. The fraction of sp³-hybridized carbons (Fsp3) is 0.476. The van der Waals surface area contributed by atoms with Crippen molar-refractivity contribution < 1.29 is 19.1 Å². The number of aromatic nitrogens is 1. The van der Waals surface area contributed by atoms with Crippen LogP contribution in [0.3, 0.4) is 0 Å². The summed E-state index contributed by atoms with van der Waals surface area (Å²) < 4.78 is 11.1. The van der Waals surface area contributed by atoms with E-state index >= 15 is 0 Å². The molecule has 1 aromatic heterocycles. The van der Waals surface area contributed by atoms with Gasteiger partial charge in [-0.1, -0.05) is 19.3 Å². The number of methoxy groups -OCH3 is 1. The number of rotatable bonds is 9. The summed E-state index contributed by atoms with van der Waals surface area (Å²) in [5.41, 5.74) is 3.07. The van der Waals surface area contributed by atoms with Crippen molar-refractivity contribution in [2.45, 2.75) is 38.7 Å². The number of hydrogen-bond donors (Lipinski definition) is 2. The molecule has 0 atom stereocenters. The van der Waals surface area contributed by atoms with E-state index < -0.39 is 0 Å². The van der Waals surface area contributed by atoms with Gasteiger partial charge in [-0.2, -0.15) is 0 Å². The maximum absolute atomic E-state index is 12.4. The van der Waals surface area contributed by atoms with Crippen LogP contribution in [-0.4, -0.2) is 37.0 Å². The van der Waals surface area contributed by atoms with Gasteiger partial charge in [0.25, 0.3) is 5.91 Å². The van der Waals surface area contributed by atoms with Gasteiger partial charge >= 0.3 is 0 Å². The highest BCUT2D eigenvalue weighted by molar-refractivity contribution is 7.07. The number of carbonyl (C=O) groups excluding carboxylic acids is 2. The lowest BCUT2D eigenvalue weighted by Gasteiger charge is -2.20. The summed E-state index contributed by atoms with van der Waals surface area (Å²) in [5, 5.41) is 7.66. The van der Waals surface area contributed by atoms with Gasteiger partial charge in [-0.25, -0.2) is 4.98 Å². The van der Waals surface area contributed by atoms with Gasteiger partial charge in [-0.15, -0.1) is 11.3 Å². The number of nitrogens with one attached hydrogen (secondary N) is 2. The molecule has 2 amide bonds. The molecule has 2 aromatic rings. The fourth-order valence-electron chi connectivity index (χ4n) is 3.36. The van der Waals surface area contributed by atoms with E-state index in [1.54, 1.807) is 23.7 Å². The van der Waals surface area contributed by atoms with E-state index in [1.807, 2.05) is 5.38 Å². The second kappa shape index (κ2) is 10.8. The predicted octanol–water partition coefficient (Wildman–Crippen LogP) is 3.16. The monoisotopic (exact) mass is 417 g/mol. The van der Waals surface area contributed by atoms with Crippen molar-refractivity contribution in [1.29, 1.82) is 0 Å². The highest BCUT2D eigenvalue weighted by atomic mass is 32.1. The molecule has 29 heavy (non-hydrogen) atoms. The molecule has 1 aliphatic carbocycles. The van der Waals surface area contributed by atoms with Gasteiger partial charge in [0.1, 0.15) is 6.61 Å². The van der Waals surface area contributed by atoms with Gasteiger partial charge in [0.15, 0.2) is 11.5 Å². The van der Waals surface area contributed by atoms with Crippen LogP contribution in [0.4, 0.5) is 0 Å². The second-order valence-electron chi connectivity index (χ2n) is 7.02. The number of hydrogen-bond acceptors (Lipinski definition) is 6. The van der Waals surface area contributed by atoms with Crippen molar-refractivity contribution in [3.8, 4) is 11.5 Å². The van der Waals surface area contributed by atoms with Crippen LogP contribution in [0.25, 0.3) is 0 Å². The lowest BCUT2D eigenvalue weighted by Crippen LogP contribution is -2.38. The molecule has 1 saturated carbocycles. The number of nitrogens with zero attached hydrogens (tertiary/aromatic N) is 1. The van der Waals surface area contributed by atoms with Crippen molar-refractivity contribution in [2.75, 3.05) is 20.2 Å². The average molecular weight is 418 g/mol.